The minimum absolute atomic E-state index is 0.0972. The lowest BCUT2D eigenvalue weighted by atomic mass is 10.0. The minimum Gasteiger partial charge on any atom is -0.615 e. The van der Waals surface area contributed by atoms with Crippen molar-refractivity contribution in [2.75, 3.05) is 16.5 Å². The maximum absolute atomic E-state index is 12.6. The van der Waals surface area contributed by atoms with Gasteiger partial charge in [0, 0.05) is 10.8 Å². The van der Waals surface area contributed by atoms with Gasteiger partial charge in [-0.05, 0) is 23.3 Å². The third-order valence-electron chi connectivity index (χ3n) is 4.21. The van der Waals surface area contributed by atoms with Crippen LogP contribution < -0.4 is 4.90 Å². The van der Waals surface area contributed by atoms with Gasteiger partial charge in [-0.1, -0.05) is 24.3 Å². The molecule has 0 bridgehead atoms. The van der Waals surface area contributed by atoms with Crippen molar-refractivity contribution >= 4 is 39.6 Å². The molecule has 23 heavy (non-hydrogen) atoms. The Morgan fingerprint density at radius 1 is 1.17 bits per heavy atom. The van der Waals surface area contributed by atoms with Crippen LogP contribution in [0, 0.1) is 11.3 Å². The second-order valence-corrected chi connectivity index (χ2v) is 6.94. The lowest BCUT2D eigenvalue weighted by Crippen LogP contribution is -2.34. The highest BCUT2D eigenvalue weighted by molar-refractivity contribution is 7.91. The van der Waals surface area contributed by atoms with Crippen LogP contribution >= 0.6 is 0 Å². The molecule has 4 rings (SSSR count). The summed E-state index contributed by atoms with van der Waals surface area (Å²) in [4.78, 5) is 27.7. The van der Waals surface area contributed by atoms with Gasteiger partial charge in [0.1, 0.15) is 5.75 Å². The molecule has 114 valence electrons. The molecular weight excluding hydrogens is 314 g/mol. The summed E-state index contributed by atoms with van der Waals surface area (Å²) in [5.74, 6) is -0.0643. The lowest BCUT2D eigenvalue weighted by Gasteiger charge is -2.18. The Balaban J connectivity index is 1.87. The van der Waals surface area contributed by atoms with Gasteiger partial charge in [-0.15, -0.1) is 0 Å². The minimum atomic E-state index is -1.16. The first-order valence-corrected chi connectivity index (χ1v) is 8.52. The second kappa shape index (κ2) is 4.98. The van der Waals surface area contributed by atoms with Crippen LogP contribution in [0.1, 0.15) is 5.56 Å². The molecule has 2 aliphatic rings. The van der Waals surface area contributed by atoms with E-state index >= 15 is 0 Å². The number of carbonyl (C=O) groups excluding carboxylic acids is 2. The third-order valence-corrected chi connectivity index (χ3v) is 5.46. The van der Waals surface area contributed by atoms with Crippen LogP contribution in [0.4, 0.5) is 10.5 Å². The Morgan fingerprint density at radius 2 is 1.91 bits per heavy atom. The van der Waals surface area contributed by atoms with E-state index in [1.807, 2.05) is 6.07 Å². The van der Waals surface area contributed by atoms with E-state index in [4.69, 9.17) is 0 Å². The number of nitriles is 1. The lowest BCUT2D eigenvalue weighted by molar-refractivity contribution is -0.118. The first-order chi connectivity index (χ1) is 11.1. The number of imide groups is 1. The van der Waals surface area contributed by atoms with Crippen molar-refractivity contribution in [2.45, 2.75) is 6.04 Å². The van der Waals surface area contributed by atoms with Gasteiger partial charge in [0.25, 0.3) is 5.91 Å². The SMILES string of the molecule is N#Cc1ccc(N2C(=O)C3C[S+]([O-])CN3C2=O)c2ccccc12. The normalized spacial score (nSPS) is 23.5. The molecule has 0 aromatic heterocycles. The summed E-state index contributed by atoms with van der Waals surface area (Å²) in [7, 11) is 0. The molecular formula is C16H11N3O3S. The summed E-state index contributed by atoms with van der Waals surface area (Å²) in [5.41, 5.74) is 0.958. The van der Waals surface area contributed by atoms with Gasteiger partial charge in [0.2, 0.25) is 0 Å². The van der Waals surface area contributed by atoms with Crippen molar-refractivity contribution in [2.24, 2.45) is 0 Å². The van der Waals surface area contributed by atoms with Crippen molar-refractivity contribution in [1.82, 2.24) is 4.90 Å². The maximum atomic E-state index is 12.6. The molecule has 2 aliphatic heterocycles. The molecule has 0 radical (unpaired) electrons. The molecule has 6 nitrogen and oxygen atoms in total. The summed E-state index contributed by atoms with van der Waals surface area (Å²) in [6.07, 6.45) is 0. The Morgan fingerprint density at radius 3 is 2.61 bits per heavy atom. The van der Waals surface area contributed by atoms with Crippen LogP contribution in [0.15, 0.2) is 36.4 Å². The number of hydrogen-bond donors (Lipinski definition) is 0. The predicted octanol–water partition coefficient (Wildman–Crippen LogP) is 1.57. The fourth-order valence-electron chi connectivity index (χ4n) is 3.13. The van der Waals surface area contributed by atoms with Crippen molar-refractivity contribution in [1.29, 1.82) is 5.26 Å². The van der Waals surface area contributed by atoms with E-state index in [1.54, 1.807) is 30.3 Å². The van der Waals surface area contributed by atoms with Crippen LogP contribution in [-0.2, 0) is 16.0 Å². The molecule has 0 saturated carbocycles. The molecule has 2 atom stereocenters. The summed E-state index contributed by atoms with van der Waals surface area (Å²) >= 11 is -1.16. The zero-order valence-electron chi connectivity index (χ0n) is 11.9. The number of benzene rings is 2. The van der Waals surface area contributed by atoms with Gasteiger partial charge in [0.05, 0.1) is 17.3 Å². The number of anilines is 1. The highest BCUT2D eigenvalue weighted by Gasteiger charge is 2.53. The number of fused-ring (bicyclic) bond motifs is 2. The van der Waals surface area contributed by atoms with Gasteiger partial charge < -0.3 is 4.55 Å². The topological polar surface area (TPSA) is 87.5 Å². The van der Waals surface area contributed by atoms with Crippen molar-refractivity contribution in [3.8, 4) is 6.07 Å². The molecule has 0 aliphatic carbocycles. The molecule has 0 spiro atoms. The average Bonchev–Trinajstić information content (AvgIpc) is 3.05. The maximum Gasteiger partial charge on any atom is 0.335 e. The van der Waals surface area contributed by atoms with Gasteiger partial charge >= 0.3 is 6.03 Å². The van der Waals surface area contributed by atoms with E-state index in [0.29, 0.717) is 22.0 Å². The van der Waals surface area contributed by atoms with Crippen LogP contribution in [0.5, 0.6) is 0 Å². The first kappa shape index (κ1) is 14.1. The number of amides is 3. The third kappa shape index (κ3) is 1.92. The molecule has 2 saturated heterocycles. The van der Waals surface area contributed by atoms with Crippen LogP contribution in [0.2, 0.25) is 0 Å². The zero-order valence-corrected chi connectivity index (χ0v) is 12.7. The van der Waals surface area contributed by atoms with Crippen LogP contribution in [0.25, 0.3) is 10.8 Å². The number of nitrogens with zero attached hydrogens (tertiary/aromatic N) is 3. The van der Waals surface area contributed by atoms with E-state index in [9.17, 15) is 19.4 Å². The van der Waals surface area contributed by atoms with Crippen molar-refractivity contribution in [3.05, 3.63) is 42.0 Å². The van der Waals surface area contributed by atoms with Gasteiger partial charge in [-0.2, -0.15) is 5.26 Å². The Hall–Kier alpha value is -2.56. The number of hydrogen-bond acceptors (Lipinski definition) is 4. The summed E-state index contributed by atoms with van der Waals surface area (Å²) in [5, 5.41) is 10.6. The predicted molar refractivity (Wildman–Crippen MR) is 85.0 cm³/mol. The fourth-order valence-corrected chi connectivity index (χ4v) is 4.51. The highest BCUT2D eigenvalue weighted by Crippen LogP contribution is 2.35. The van der Waals surface area contributed by atoms with E-state index in [-0.39, 0.29) is 17.5 Å². The molecule has 0 N–H and O–H groups in total. The monoisotopic (exact) mass is 325 g/mol. The van der Waals surface area contributed by atoms with Gasteiger partial charge in [0.15, 0.2) is 11.9 Å². The van der Waals surface area contributed by atoms with E-state index in [2.05, 4.69) is 6.07 Å². The molecule has 3 amide bonds. The number of carbonyl (C=O) groups is 2. The number of urea groups is 1. The molecule has 2 unspecified atom stereocenters. The molecule has 2 heterocycles. The summed E-state index contributed by atoms with van der Waals surface area (Å²) in [6, 6.07) is 11.4. The van der Waals surface area contributed by atoms with E-state index in [1.165, 1.54) is 4.90 Å². The zero-order chi connectivity index (χ0) is 16.1. The van der Waals surface area contributed by atoms with Crippen LogP contribution in [0.3, 0.4) is 0 Å². The summed E-state index contributed by atoms with van der Waals surface area (Å²) in [6.45, 7) is 0. The van der Waals surface area contributed by atoms with Gasteiger partial charge in [-0.3, -0.25) is 9.69 Å². The largest absolute Gasteiger partial charge is 0.615 e. The molecule has 2 aromatic rings. The molecule has 7 heteroatoms. The fraction of sp³-hybridized carbons (Fsp3) is 0.188. The highest BCUT2D eigenvalue weighted by atomic mass is 32.2. The Kier molecular flexibility index (Phi) is 3.04. The van der Waals surface area contributed by atoms with E-state index < -0.39 is 23.2 Å². The Labute approximate surface area is 135 Å². The first-order valence-electron chi connectivity index (χ1n) is 7.03. The number of rotatable bonds is 1. The average molecular weight is 325 g/mol. The second-order valence-electron chi connectivity index (χ2n) is 5.47. The Bertz CT molecular complexity index is 868. The molecule has 2 aromatic carbocycles. The quantitative estimate of drug-likeness (QED) is 0.588. The van der Waals surface area contributed by atoms with Crippen molar-refractivity contribution in [3.63, 3.8) is 0 Å². The van der Waals surface area contributed by atoms with Crippen LogP contribution in [-0.4, -0.2) is 39.1 Å². The van der Waals surface area contributed by atoms with Gasteiger partial charge in [-0.25, -0.2) is 9.69 Å². The summed E-state index contributed by atoms with van der Waals surface area (Å²) < 4.78 is 11.6. The van der Waals surface area contributed by atoms with E-state index in [0.717, 1.165) is 4.90 Å². The molecule has 2 fully saturated rings. The smallest absolute Gasteiger partial charge is 0.335 e. The standard InChI is InChI=1S/C16H11N3O3S/c17-7-10-5-6-13(12-4-2-1-3-11(10)12)19-15(20)14-8-23(22)9-18(14)16(19)21/h1-6,14H,8-9H2. The van der Waals surface area contributed by atoms with Crippen molar-refractivity contribution < 1.29 is 14.1 Å².